The van der Waals surface area contributed by atoms with Gasteiger partial charge in [-0.25, -0.2) is 21.2 Å². The molecule has 2 aromatic rings. The minimum absolute atomic E-state index is 0.0175. The van der Waals surface area contributed by atoms with Gasteiger partial charge in [-0.2, -0.15) is 26.3 Å². The van der Waals surface area contributed by atoms with Gasteiger partial charge in [0.15, 0.2) is 9.84 Å². The molecule has 0 aromatic heterocycles. The lowest BCUT2D eigenvalue weighted by atomic mass is 9.84. The third kappa shape index (κ3) is 4.77. The number of hydrogen-bond donors (Lipinski definition) is 1. The molecular weight excluding hydrogens is 635 g/mol. The van der Waals surface area contributed by atoms with E-state index in [1.54, 1.807) is 0 Å². The van der Waals surface area contributed by atoms with Gasteiger partial charge in [0.05, 0.1) is 22.4 Å². The smallest absolute Gasteiger partial charge is 0.430 e. The van der Waals surface area contributed by atoms with Crippen molar-refractivity contribution >= 4 is 25.6 Å². The molecule has 2 aromatic carbocycles. The van der Waals surface area contributed by atoms with Crippen LogP contribution in [0, 0.1) is 11.7 Å². The summed E-state index contributed by atoms with van der Waals surface area (Å²) < 4.78 is 151. The zero-order valence-electron chi connectivity index (χ0n) is 22.0. The molecule has 2 fully saturated rings. The van der Waals surface area contributed by atoms with E-state index in [1.165, 1.54) is 4.90 Å². The molecule has 3 aliphatic rings. The number of likely N-dealkylation sites (tertiary alicyclic amines) is 1. The van der Waals surface area contributed by atoms with Gasteiger partial charge < -0.3 is 14.7 Å². The number of carbonyl (C=O) groups is 1. The summed E-state index contributed by atoms with van der Waals surface area (Å²) >= 11 is 0. The number of ether oxygens (including phenoxy) is 1. The fourth-order valence-corrected chi connectivity index (χ4v) is 9.97. The van der Waals surface area contributed by atoms with E-state index >= 15 is 0 Å². The van der Waals surface area contributed by atoms with Gasteiger partial charge >= 0.3 is 12.4 Å². The van der Waals surface area contributed by atoms with Crippen molar-refractivity contribution in [2.45, 2.75) is 52.9 Å². The van der Waals surface area contributed by atoms with Crippen LogP contribution in [0.25, 0.3) is 0 Å². The summed E-state index contributed by atoms with van der Waals surface area (Å²) in [5.74, 6) is -3.31. The molecule has 43 heavy (non-hydrogen) atoms. The van der Waals surface area contributed by atoms with Crippen LogP contribution in [0.4, 0.5) is 30.7 Å². The first kappa shape index (κ1) is 31.5. The quantitative estimate of drug-likeness (QED) is 0.394. The van der Waals surface area contributed by atoms with Gasteiger partial charge in [0.2, 0.25) is 5.91 Å². The molecule has 236 valence electrons. The molecule has 5 rings (SSSR count). The third-order valence-corrected chi connectivity index (χ3v) is 12.8. The molecule has 0 saturated carbocycles. The zero-order valence-corrected chi connectivity index (χ0v) is 23.6. The maximum Gasteiger partial charge on any atom is 0.430 e. The van der Waals surface area contributed by atoms with E-state index in [-0.39, 0.29) is 48.9 Å². The number of nitrogens with zero attached hydrogens (tertiary/aromatic N) is 1. The van der Waals surface area contributed by atoms with Gasteiger partial charge in [-0.1, -0.05) is 12.1 Å². The molecule has 0 radical (unpaired) electrons. The summed E-state index contributed by atoms with van der Waals surface area (Å²) in [6, 6.07) is 3.57. The molecule has 17 heteroatoms. The molecule has 0 spiro atoms. The maximum atomic E-state index is 14.3. The number of carbonyl (C=O) groups excluding carboxylic acids is 1. The average Bonchev–Trinajstić information content (AvgIpc) is 3.32. The molecule has 1 N–H and O–H groups in total. The number of sulfone groups is 2. The summed E-state index contributed by atoms with van der Waals surface area (Å²) in [4.78, 5) is 14.4. The number of hydrogen-bond acceptors (Lipinski definition) is 7. The Hall–Kier alpha value is -2.92. The number of benzene rings is 2. The molecule has 3 heterocycles. The summed E-state index contributed by atoms with van der Waals surface area (Å²) in [5, 5.41) is 9.91. The van der Waals surface area contributed by atoms with Crippen molar-refractivity contribution in [3.63, 3.8) is 0 Å². The molecule has 0 bridgehead atoms. The fourth-order valence-electron chi connectivity index (χ4n) is 6.19. The van der Waals surface area contributed by atoms with Crippen molar-refractivity contribution < 1.29 is 62.2 Å². The van der Waals surface area contributed by atoms with Gasteiger partial charge in [0.1, 0.15) is 32.8 Å². The lowest BCUT2D eigenvalue weighted by molar-refractivity contribution is -0.376. The highest BCUT2D eigenvalue weighted by Crippen LogP contribution is 2.56. The van der Waals surface area contributed by atoms with Crippen LogP contribution in [0.2, 0.25) is 0 Å². The SMILES string of the molecule is O=C(C1CCS(=O)(=O)CC1)N1CCC2(S(=O)(=O)c3ccc(F)cc3)c3ccc(C(O)(C(F)(F)F)C(F)(F)F)cc3OCC12. The Morgan fingerprint density at radius 2 is 1.56 bits per heavy atom. The Kier molecular flexibility index (Phi) is 7.37. The van der Waals surface area contributed by atoms with Crippen molar-refractivity contribution in [2.24, 2.45) is 5.92 Å². The Labute approximate surface area is 241 Å². The normalized spacial score (nSPS) is 24.7. The first-order chi connectivity index (χ1) is 19.8. The molecule has 2 atom stereocenters. The summed E-state index contributed by atoms with van der Waals surface area (Å²) in [5.41, 5.74) is -7.31. The van der Waals surface area contributed by atoms with Crippen LogP contribution in [0.1, 0.15) is 30.4 Å². The highest BCUT2D eigenvalue weighted by atomic mass is 32.2. The van der Waals surface area contributed by atoms with E-state index in [0.717, 1.165) is 24.3 Å². The van der Waals surface area contributed by atoms with Crippen LogP contribution in [-0.4, -0.2) is 75.8 Å². The van der Waals surface area contributed by atoms with Crippen molar-refractivity contribution in [2.75, 3.05) is 24.7 Å². The monoisotopic (exact) mass is 659 g/mol. The fraction of sp³-hybridized carbons (Fsp3) is 0.500. The van der Waals surface area contributed by atoms with Gasteiger partial charge in [-0.05, 0) is 49.6 Å². The maximum absolute atomic E-state index is 14.3. The molecule has 8 nitrogen and oxygen atoms in total. The predicted molar refractivity (Wildman–Crippen MR) is 135 cm³/mol. The predicted octanol–water partition coefficient (Wildman–Crippen LogP) is 3.63. The second-order valence-corrected chi connectivity index (χ2v) is 15.3. The lowest BCUT2D eigenvalue weighted by Gasteiger charge is -2.43. The van der Waals surface area contributed by atoms with Gasteiger partial charge in [-0.15, -0.1) is 0 Å². The minimum Gasteiger partial charge on any atom is -0.491 e. The van der Waals surface area contributed by atoms with Crippen LogP contribution >= 0.6 is 0 Å². The summed E-state index contributed by atoms with van der Waals surface area (Å²) in [6.45, 7) is -0.878. The number of amides is 1. The highest BCUT2D eigenvalue weighted by Gasteiger charge is 2.72. The zero-order chi connectivity index (χ0) is 31.8. The number of fused-ring (bicyclic) bond motifs is 3. The van der Waals surface area contributed by atoms with Gasteiger partial charge in [0, 0.05) is 23.6 Å². The first-order valence-electron chi connectivity index (χ1n) is 12.9. The van der Waals surface area contributed by atoms with E-state index in [2.05, 4.69) is 0 Å². The molecule has 1 amide bonds. The minimum atomic E-state index is -6.21. The summed E-state index contributed by atoms with van der Waals surface area (Å²) in [7, 11) is -8.01. The Balaban J connectivity index is 1.65. The Morgan fingerprint density at radius 3 is 2.12 bits per heavy atom. The van der Waals surface area contributed by atoms with Crippen LogP contribution < -0.4 is 4.74 Å². The Morgan fingerprint density at radius 1 is 0.977 bits per heavy atom. The number of halogens is 7. The van der Waals surface area contributed by atoms with Crippen molar-refractivity contribution in [3.05, 3.63) is 59.4 Å². The first-order valence-corrected chi connectivity index (χ1v) is 16.2. The van der Waals surface area contributed by atoms with Crippen LogP contribution in [0.3, 0.4) is 0 Å². The second-order valence-electron chi connectivity index (χ2n) is 10.8. The Bertz CT molecular complexity index is 1630. The largest absolute Gasteiger partial charge is 0.491 e. The van der Waals surface area contributed by atoms with Crippen molar-refractivity contribution in [1.29, 1.82) is 0 Å². The van der Waals surface area contributed by atoms with Crippen molar-refractivity contribution in [1.82, 2.24) is 4.90 Å². The topological polar surface area (TPSA) is 118 Å². The second kappa shape index (κ2) is 10.1. The van der Waals surface area contributed by atoms with E-state index < -0.39 is 88.9 Å². The van der Waals surface area contributed by atoms with Gasteiger partial charge in [0.25, 0.3) is 5.60 Å². The molecule has 0 aliphatic carbocycles. The van der Waals surface area contributed by atoms with Crippen LogP contribution in [-0.2, 0) is 34.8 Å². The van der Waals surface area contributed by atoms with E-state index in [9.17, 15) is 57.5 Å². The molecular formula is C26H24F7NO7S2. The van der Waals surface area contributed by atoms with Crippen LogP contribution in [0.15, 0.2) is 47.4 Å². The number of alkyl halides is 6. The molecule has 2 saturated heterocycles. The van der Waals surface area contributed by atoms with E-state index in [0.29, 0.717) is 12.1 Å². The number of rotatable bonds is 4. The highest BCUT2D eigenvalue weighted by molar-refractivity contribution is 7.92. The molecule has 3 aliphatic heterocycles. The molecule has 2 unspecified atom stereocenters. The average molecular weight is 660 g/mol. The lowest BCUT2D eigenvalue weighted by Crippen LogP contribution is -2.56. The van der Waals surface area contributed by atoms with E-state index in [4.69, 9.17) is 4.74 Å². The van der Waals surface area contributed by atoms with Crippen molar-refractivity contribution in [3.8, 4) is 5.75 Å². The summed E-state index contributed by atoms with van der Waals surface area (Å²) in [6.07, 6.45) is -12.8. The van der Waals surface area contributed by atoms with Crippen LogP contribution in [0.5, 0.6) is 5.75 Å². The van der Waals surface area contributed by atoms with E-state index in [1.807, 2.05) is 0 Å². The number of aliphatic hydroxyl groups is 1. The standard InChI is InChI=1S/C26H24F7NO7S2/c27-17-2-4-18(5-3-17)43(39,40)23-9-10-34(22(35)15-7-11-42(37,38)12-8-15)21(23)14-41-20-13-16(1-6-19(20)23)24(36,25(28,29)30)26(31,32)33/h1-6,13,15,21,36H,7-12,14H2. The van der Waals surface area contributed by atoms with Gasteiger partial charge in [-0.3, -0.25) is 4.79 Å². The third-order valence-electron chi connectivity index (χ3n) is 8.50.